The molecule has 0 aromatic carbocycles. The molecular weight excluding hydrogens is 128 g/mol. The van der Waals surface area contributed by atoms with E-state index in [1.807, 2.05) is 13.8 Å². The SMILES string of the molecule is CC(=O)N1CC(C)=C(C)N1. The second-order valence-electron chi connectivity index (χ2n) is 2.62. The molecule has 1 rings (SSSR count). The highest BCUT2D eigenvalue weighted by Crippen LogP contribution is 2.09. The van der Waals surface area contributed by atoms with Crippen LogP contribution in [0.4, 0.5) is 0 Å². The normalized spacial score (nSPS) is 17.7. The third-order valence-corrected chi connectivity index (χ3v) is 1.72. The highest BCUT2D eigenvalue weighted by Gasteiger charge is 2.16. The first kappa shape index (κ1) is 7.12. The molecule has 0 unspecified atom stereocenters. The van der Waals surface area contributed by atoms with Crippen LogP contribution in [0.5, 0.6) is 0 Å². The van der Waals surface area contributed by atoms with E-state index in [0.717, 1.165) is 12.2 Å². The highest BCUT2D eigenvalue weighted by molar-refractivity contribution is 5.73. The molecule has 1 aliphatic heterocycles. The minimum absolute atomic E-state index is 0.0659. The number of amides is 1. The zero-order chi connectivity index (χ0) is 7.72. The Hall–Kier alpha value is -0.990. The van der Waals surface area contributed by atoms with E-state index in [-0.39, 0.29) is 5.91 Å². The summed E-state index contributed by atoms with van der Waals surface area (Å²) in [4.78, 5) is 10.8. The summed E-state index contributed by atoms with van der Waals surface area (Å²) in [6.45, 7) is 6.27. The summed E-state index contributed by atoms with van der Waals surface area (Å²) < 4.78 is 0. The molecule has 1 amide bonds. The van der Waals surface area contributed by atoms with Gasteiger partial charge >= 0.3 is 0 Å². The maximum Gasteiger partial charge on any atom is 0.238 e. The van der Waals surface area contributed by atoms with Crippen LogP contribution >= 0.6 is 0 Å². The van der Waals surface area contributed by atoms with E-state index < -0.39 is 0 Å². The summed E-state index contributed by atoms with van der Waals surface area (Å²) in [5.41, 5.74) is 5.29. The maximum atomic E-state index is 10.8. The Bertz CT molecular complexity index is 182. The van der Waals surface area contributed by atoms with Gasteiger partial charge in [-0.15, -0.1) is 0 Å². The monoisotopic (exact) mass is 140 g/mol. The van der Waals surface area contributed by atoms with Crippen LogP contribution in [-0.4, -0.2) is 17.5 Å². The zero-order valence-corrected chi connectivity index (χ0v) is 6.56. The lowest BCUT2D eigenvalue weighted by atomic mass is 10.3. The van der Waals surface area contributed by atoms with Crippen molar-refractivity contribution in [2.75, 3.05) is 6.54 Å². The fourth-order valence-electron chi connectivity index (χ4n) is 0.883. The van der Waals surface area contributed by atoms with Crippen LogP contribution in [0.25, 0.3) is 0 Å². The number of allylic oxidation sites excluding steroid dienone is 1. The Labute approximate surface area is 60.7 Å². The quantitative estimate of drug-likeness (QED) is 0.535. The van der Waals surface area contributed by atoms with Crippen molar-refractivity contribution in [2.45, 2.75) is 20.8 Å². The fourth-order valence-corrected chi connectivity index (χ4v) is 0.883. The number of hydrogen-bond acceptors (Lipinski definition) is 2. The van der Waals surface area contributed by atoms with Crippen molar-refractivity contribution < 1.29 is 4.79 Å². The largest absolute Gasteiger partial charge is 0.300 e. The standard InChI is InChI=1S/C7H12N2O/c1-5-4-9(7(3)10)8-6(5)2/h8H,4H2,1-3H3. The Morgan fingerprint density at radius 1 is 1.60 bits per heavy atom. The molecule has 0 atom stereocenters. The summed E-state index contributed by atoms with van der Waals surface area (Å²) in [6.07, 6.45) is 0. The van der Waals surface area contributed by atoms with Crippen LogP contribution in [0.3, 0.4) is 0 Å². The fraction of sp³-hybridized carbons (Fsp3) is 0.571. The Morgan fingerprint density at radius 3 is 2.40 bits per heavy atom. The molecule has 1 heterocycles. The second kappa shape index (κ2) is 2.33. The van der Waals surface area contributed by atoms with Gasteiger partial charge in [-0.05, 0) is 19.4 Å². The van der Waals surface area contributed by atoms with Crippen molar-refractivity contribution in [3.05, 3.63) is 11.3 Å². The zero-order valence-electron chi connectivity index (χ0n) is 6.56. The van der Waals surface area contributed by atoms with E-state index in [1.165, 1.54) is 5.57 Å². The van der Waals surface area contributed by atoms with Crippen molar-refractivity contribution in [3.63, 3.8) is 0 Å². The molecule has 0 bridgehead atoms. The molecule has 0 spiro atoms. The van der Waals surface area contributed by atoms with Crippen molar-refractivity contribution in [3.8, 4) is 0 Å². The van der Waals surface area contributed by atoms with Gasteiger partial charge in [0.2, 0.25) is 5.91 Å². The molecule has 3 nitrogen and oxygen atoms in total. The van der Waals surface area contributed by atoms with Gasteiger partial charge in [0, 0.05) is 12.6 Å². The molecule has 56 valence electrons. The first-order valence-corrected chi connectivity index (χ1v) is 3.32. The van der Waals surface area contributed by atoms with E-state index >= 15 is 0 Å². The minimum Gasteiger partial charge on any atom is -0.300 e. The first-order chi connectivity index (χ1) is 4.61. The molecule has 0 aliphatic carbocycles. The lowest BCUT2D eigenvalue weighted by Gasteiger charge is -2.14. The van der Waals surface area contributed by atoms with Crippen LogP contribution in [0.15, 0.2) is 11.3 Å². The van der Waals surface area contributed by atoms with Crippen molar-refractivity contribution in [1.82, 2.24) is 10.4 Å². The van der Waals surface area contributed by atoms with Gasteiger partial charge in [0.05, 0.1) is 6.54 Å². The average Bonchev–Trinajstić information content (AvgIpc) is 2.13. The Kier molecular flexibility index (Phi) is 1.66. The Balaban J connectivity index is 2.59. The van der Waals surface area contributed by atoms with Crippen LogP contribution in [0, 0.1) is 0 Å². The first-order valence-electron chi connectivity index (χ1n) is 3.32. The number of rotatable bonds is 0. The van der Waals surface area contributed by atoms with E-state index in [9.17, 15) is 4.79 Å². The summed E-state index contributed by atoms with van der Waals surface area (Å²) in [7, 11) is 0. The van der Waals surface area contributed by atoms with Crippen molar-refractivity contribution >= 4 is 5.91 Å². The van der Waals surface area contributed by atoms with Gasteiger partial charge in [0.15, 0.2) is 0 Å². The van der Waals surface area contributed by atoms with Gasteiger partial charge in [0.25, 0.3) is 0 Å². The Morgan fingerprint density at radius 2 is 2.20 bits per heavy atom. The van der Waals surface area contributed by atoms with E-state index in [0.29, 0.717) is 0 Å². The molecule has 3 heteroatoms. The lowest BCUT2D eigenvalue weighted by Crippen LogP contribution is -2.35. The summed E-state index contributed by atoms with van der Waals surface area (Å²) >= 11 is 0. The number of nitrogens with one attached hydrogen (secondary N) is 1. The molecule has 0 aromatic heterocycles. The number of hydrazine groups is 1. The van der Waals surface area contributed by atoms with E-state index in [1.54, 1.807) is 11.9 Å². The van der Waals surface area contributed by atoms with Gasteiger partial charge in [0.1, 0.15) is 0 Å². The van der Waals surface area contributed by atoms with Crippen LogP contribution in [0.2, 0.25) is 0 Å². The van der Waals surface area contributed by atoms with Gasteiger partial charge in [-0.1, -0.05) is 0 Å². The molecule has 0 fully saturated rings. The smallest absolute Gasteiger partial charge is 0.238 e. The third-order valence-electron chi connectivity index (χ3n) is 1.72. The van der Waals surface area contributed by atoms with Gasteiger partial charge in [-0.2, -0.15) is 0 Å². The molecule has 0 saturated heterocycles. The predicted molar refractivity (Wildman–Crippen MR) is 38.9 cm³/mol. The number of nitrogens with zero attached hydrogens (tertiary/aromatic N) is 1. The third kappa shape index (κ3) is 1.12. The van der Waals surface area contributed by atoms with E-state index in [4.69, 9.17) is 0 Å². The molecular formula is C7H12N2O. The molecule has 0 saturated carbocycles. The number of carbonyl (C=O) groups is 1. The second-order valence-corrected chi connectivity index (χ2v) is 2.62. The molecule has 1 N–H and O–H groups in total. The van der Waals surface area contributed by atoms with E-state index in [2.05, 4.69) is 5.43 Å². The van der Waals surface area contributed by atoms with Crippen LogP contribution < -0.4 is 5.43 Å². The maximum absolute atomic E-state index is 10.8. The lowest BCUT2D eigenvalue weighted by molar-refractivity contribution is -0.130. The van der Waals surface area contributed by atoms with Crippen LogP contribution in [0.1, 0.15) is 20.8 Å². The molecule has 0 aromatic rings. The molecule has 0 radical (unpaired) electrons. The summed E-state index contributed by atoms with van der Waals surface area (Å²) in [5, 5.41) is 1.60. The number of hydrogen-bond donors (Lipinski definition) is 1. The molecule has 10 heavy (non-hydrogen) atoms. The number of carbonyl (C=O) groups excluding carboxylic acids is 1. The van der Waals surface area contributed by atoms with Crippen molar-refractivity contribution in [2.24, 2.45) is 0 Å². The highest BCUT2D eigenvalue weighted by atomic mass is 16.2. The van der Waals surface area contributed by atoms with Gasteiger partial charge in [-0.3, -0.25) is 9.80 Å². The van der Waals surface area contributed by atoms with Crippen LogP contribution in [-0.2, 0) is 4.79 Å². The van der Waals surface area contributed by atoms with Crippen molar-refractivity contribution in [1.29, 1.82) is 0 Å². The average molecular weight is 140 g/mol. The summed E-state index contributed by atoms with van der Waals surface area (Å²) in [6, 6.07) is 0. The van der Waals surface area contributed by atoms with Gasteiger partial charge in [-0.25, -0.2) is 0 Å². The topological polar surface area (TPSA) is 32.3 Å². The van der Waals surface area contributed by atoms with Gasteiger partial charge < -0.3 is 5.43 Å². The molecule has 1 aliphatic rings. The summed E-state index contributed by atoms with van der Waals surface area (Å²) in [5.74, 6) is 0.0659. The minimum atomic E-state index is 0.0659. The predicted octanol–water partition coefficient (Wildman–Crippen LogP) is 0.647.